The third-order valence-electron chi connectivity index (χ3n) is 5.45. The van der Waals surface area contributed by atoms with Crippen LogP contribution in [0.2, 0.25) is 0 Å². The summed E-state index contributed by atoms with van der Waals surface area (Å²) in [6.07, 6.45) is 5.94. The summed E-state index contributed by atoms with van der Waals surface area (Å²) in [4.78, 5) is 27.6. The largest absolute Gasteiger partial charge is 0.378 e. The van der Waals surface area contributed by atoms with Gasteiger partial charge in [0.25, 0.3) is 5.91 Å². The SMILES string of the molecule is CC(=O)N1CCC[C@@](O)(C(=O)N2CCC3(CCC3)C2)C1. The van der Waals surface area contributed by atoms with Gasteiger partial charge in [0.15, 0.2) is 5.60 Å². The van der Waals surface area contributed by atoms with Crippen LogP contribution in [0.3, 0.4) is 0 Å². The Balaban J connectivity index is 1.68. The molecule has 0 unspecified atom stereocenters. The molecule has 3 aliphatic rings. The Kier molecular flexibility index (Phi) is 3.27. The zero-order chi connectivity index (χ0) is 14.4. The average molecular weight is 280 g/mol. The van der Waals surface area contributed by atoms with Gasteiger partial charge in [-0.25, -0.2) is 0 Å². The molecule has 5 heteroatoms. The molecular formula is C15H24N2O3. The van der Waals surface area contributed by atoms with Crippen LogP contribution in [0.4, 0.5) is 0 Å². The molecule has 2 amide bonds. The number of carbonyl (C=O) groups is 2. The van der Waals surface area contributed by atoms with Gasteiger partial charge in [-0.2, -0.15) is 0 Å². The number of nitrogens with zero attached hydrogens (tertiary/aromatic N) is 2. The summed E-state index contributed by atoms with van der Waals surface area (Å²) in [7, 11) is 0. The van der Waals surface area contributed by atoms with Crippen molar-refractivity contribution >= 4 is 11.8 Å². The second kappa shape index (κ2) is 4.72. The highest BCUT2D eigenvalue weighted by Gasteiger charge is 2.49. The van der Waals surface area contributed by atoms with Crippen LogP contribution < -0.4 is 0 Å². The summed E-state index contributed by atoms with van der Waals surface area (Å²) in [5, 5.41) is 10.7. The second-order valence-electron chi connectivity index (χ2n) is 6.91. The van der Waals surface area contributed by atoms with Gasteiger partial charge >= 0.3 is 0 Å². The maximum atomic E-state index is 12.7. The highest BCUT2D eigenvalue weighted by atomic mass is 16.3. The molecule has 1 spiro atoms. The van der Waals surface area contributed by atoms with Crippen molar-refractivity contribution in [1.82, 2.24) is 9.80 Å². The predicted octanol–water partition coefficient (Wildman–Crippen LogP) is 0.762. The Hall–Kier alpha value is -1.10. The maximum absolute atomic E-state index is 12.7. The van der Waals surface area contributed by atoms with Crippen molar-refractivity contribution in [3.8, 4) is 0 Å². The van der Waals surface area contributed by atoms with E-state index in [2.05, 4.69) is 0 Å². The van der Waals surface area contributed by atoms with Crippen molar-refractivity contribution in [2.45, 2.75) is 51.0 Å². The fourth-order valence-electron chi connectivity index (χ4n) is 3.97. The van der Waals surface area contributed by atoms with Gasteiger partial charge in [0.05, 0.1) is 6.54 Å². The molecule has 0 radical (unpaired) electrons. The van der Waals surface area contributed by atoms with Gasteiger partial charge in [-0.3, -0.25) is 9.59 Å². The summed E-state index contributed by atoms with van der Waals surface area (Å²) >= 11 is 0. The van der Waals surface area contributed by atoms with Gasteiger partial charge in [0.1, 0.15) is 0 Å². The number of hydrogen-bond acceptors (Lipinski definition) is 3. The fraction of sp³-hybridized carbons (Fsp3) is 0.867. The number of likely N-dealkylation sites (tertiary alicyclic amines) is 2. The van der Waals surface area contributed by atoms with Crippen LogP contribution in [0.15, 0.2) is 0 Å². The van der Waals surface area contributed by atoms with Gasteiger partial charge < -0.3 is 14.9 Å². The van der Waals surface area contributed by atoms with Gasteiger partial charge in [-0.05, 0) is 37.5 Å². The highest BCUT2D eigenvalue weighted by molar-refractivity contribution is 5.86. The highest BCUT2D eigenvalue weighted by Crippen LogP contribution is 2.48. The van der Waals surface area contributed by atoms with E-state index in [0.717, 1.165) is 19.5 Å². The number of β-amino-alcohol motifs (C(OH)–C–C–N with tert-alkyl or cyclic N) is 1. The molecule has 1 N–H and O–H groups in total. The molecule has 0 aromatic rings. The van der Waals surface area contributed by atoms with Gasteiger partial charge in [0, 0.05) is 26.6 Å². The molecule has 112 valence electrons. The van der Waals surface area contributed by atoms with Crippen LogP contribution in [0.25, 0.3) is 0 Å². The maximum Gasteiger partial charge on any atom is 0.256 e. The first-order chi connectivity index (χ1) is 9.44. The molecule has 0 aromatic heterocycles. The minimum Gasteiger partial charge on any atom is -0.378 e. The third-order valence-corrected chi connectivity index (χ3v) is 5.45. The van der Waals surface area contributed by atoms with Crippen LogP contribution in [0.1, 0.15) is 45.4 Å². The normalized spacial score (nSPS) is 32.3. The third kappa shape index (κ3) is 2.22. The average Bonchev–Trinajstić information content (AvgIpc) is 2.83. The van der Waals surface area contributed by atoms with Crippen molar-refractivity contribution in [2.24, 2.45) is 5.41 Å². The van der Waals surface area contributed by atoms with E-state index < -0.39 is 5.60 Å². The van der Waals surface area contributed by atoms with Gasteiger partial charge in [0.2, 0.25) is 5.91 Å². The molecule has 2 saturated heterocycles. The van der Waals surface area contributed by atoms with Crippen molar-refractivity contribution in [2.75, 3.05) is 26.2 Å². The van der Waals surface area contributed by atoms with E-state index in [-0.39, 0.29) is 18.4 Å². The standard InChI is InChI=1S/C15H24N2O3/c1-12(18)16-8-3-6-15(20,11-16)13(19)17-9-7-14(10-17)4-2-5-14/h20H,2-11H2,1H3/t15-/m0/s1. The lowest BCUT2D eigenvalue weighted by Gasteiger charge is -2.41. The van der Waals surface area contributed by atoms with E-state index in [1.807, 2.05) is 4.90 Å². The molecule has 2 aliphatic heterocycles. The first-order valence-electron chi connectivity index (χ1n) is 7.72. The van der Waals surface area contributed by atoms with Crippen molar-refractivity contribution in [3.05, 3.63) is 0 Å². The number of piperidine rings is 1. The lowest BCUT2D eigenvalue weighted by atomic mass is 9.68. The Morgan fingerprint density at radius 2 is 1.70 bits per heavy atom. The van der Waals surface area contributed by atoms with Crippen LogP contribution in [0.5, 0.6) is 0 Å². The number of aliphatic hydroxyl groups is 1. The van der Waals surface area contributed by atoms with E-state index in [4.69, 9.17) is 0 Å². The van der Waals surface area contributed by atoms with E-state index in [9.17, 15) is 14.7 Å². The lowest BCUT2D eigenvalue weighted by molar-refractivity contribution is -0.159. The molecule has 3 fully saturated rings. The van der Waals surface area contributed by atoms with Crippen molar-refractivity contribution in [1.29, 1.82) is 0 Å². The first kappa shape index (κ1) is 13.9. The van der Waals surface area contributed by atoms with E-state index in [1.54, 1.807) is 4.90 Å². The zero-order valence-corrected chi connectivity index (χ0v) is 12.2. The first-order valence-corrected chi connectivity index (χ1v) is 7.72. The molecule has 3 rings (SSSR count). The minimum absolute atomic E-state index is 0.0622. The summed E-state index contributed by atoms with van der Waals surface area (Å²) in [5.74, 6) is -0.222. The summed E-state index contributed by atoms with van der Waals surface area (Å²) in [6, 6.07) is 0. The van der Waals surface area contributed by atoms with E-state index >= 15 is 0 Å². The number of hydrogen-bond donors (Lipinski definition) is 1. The number of carbonyl (C=O) groups excluding carboxylic acids is 2. The molecule has 1 saturated carbocycles. The molecular weight excluding hydrogens is 256 g/mol. The lowest BCUT2D eigenvalue weighted by Crippen LogP contribution is -2.58. The van der Waals surface area contributed by atoms with Crippen LogP contribution in [-0.4, -0.2) is 58.5 Å². The molecule has 5 nitrogen and oxygen atoms in total. The molecule has 0 bridgehead atoms. The number of amides is 2. The topological polar surface area (TPSA) is 60.9 Å². The molecule has 1 aliphatic carbocycles. The Morgan fingerprint density at radius 3 is 2.25 bits per heavy atom. The Morgan fingerprint density at radius 1 is 0.950 bits per heavy atom. The summed E-state index contributed by atoms with van der Waals surface area (Å²) in [5.41, 5.74) is -1.01. The quantitative estimate of drug-likeness (QED) is 0.771. The predicted molar refractivity (Wildman–Crippen MR) is 73.9 cm³/mol. The van der Waals surface area contributed by atoms with Gasteiger partial charge in [-0.1, -0.05) is 6.42 Å². The van der Waals surface area contributed by atoms with Gasteiger partial charge in [-0.15, -0.1) is 0 Å². The van der Waals surface area contributed by atoms with Crippen LogP contribution in [0, 0.1) is 5.41 Å². The zero-order valence-electron chi connectivity index (χ0n) is 12.2. The molecule has 1 atom stereocenters. The molecule has 20 heavy (non-hydrogen) atoms. The van der Waals surface area contributed by atoms with E-state index in [0.29, 0.717) is 24.8 Å². The monoisotopic (exact) mass is 280 g/mol. The van der Waals surface area contributed by atoms with Crippen molar-refractivity contribution < 1.29 is 14.7 Å². The fourth-order valence-corrected chi connectivity index (χ4v) is 3.97. The smallest absolute Gasteiger partial charge is 0.256 e. The number of rotatable bonds is 1. The molecule has 2 heterocycles. The van der Waals surface area contributed by atoms with Crippen LogP contribution >= 0.6 is 0 Å². The minimum atomic E-state index is -1.36. The molecule has 0 aromatic carbocycles. The summed E-state index contributed by atoms with van der Waals surface area (Å²) < 4.78 is 0. The Bertz CT molecular complexity index is 433. The summed E-state index contributed by atoms with van der Waals surface area (Å²) in [6.45, 7) is 3.87. The second-order valence-corrected chi connectivity index (χ2v) is 6.91. The Labute approximate surface area is 119 Å². The van der Waals surface area contributed by atoms with E-state index in [1.165, 1.54) is 26.2 Å². The van der Waals surface area contributed by atoms with Crippen molar-refractivity contribution in [3.63, 3.8) is 0 Å². The van der Waals surface area contributed by atoms with Crippen LogP contribution in [-0.2, 0) is 9.59 Å².